The Morgan fingerprint density at radius 2 is 1.70 bits per heavy atom. The molecule has 0 radical (unpaired) electrons. The molecule has 0 fully saturated rings. The number of ether oxygens (including phenoxy) is 1. The maximum atomic E-state index is 12.9. The van der Waals surface area contributed by atoms with Crippen molar-refractivity contribution < 1.29 is 9.53 Å². The molecule has 5 heteroatoms. The summed E-state index contributed by atoms with van der Waals surface area (Å²) >= 11 is 0. The molecule has 1 aliphatic rings. The van der Waals surface area contributed by atoms with Gasteiger partial charge >= 0.3 is 0 Å². The molecule has 2 heterocycles. The van der Waals surface area contributed by atoms with E-state index in [2.05, 4.69) is 88.0 Å². The van der Waals surface area contributed by atoms with Crippen molar-refractivity contribution in [1.29, 1.82) is 0 Å². The zero-order valence-corrected chi connectivity index (χ0v) is 21.2. The minimum absolute atomic E-state index is 0.109. The van der Waals surface area contributed by atoms with Crippen LogP contribution in [0, 0.1) is 0 Å². The molecule has 37 heavy (non-hydrogen) atoms. The van der Waals surface area contributed by atoms with E-state index in [-0.39, 0.29) is 11.9 Å². The van der Waals surface area contributed by atoms with E-state index in [4.69, 9.17) is 4.74 Å². The molecular weight excluding hydrogens is 458 g/mol. The molecule has 1 amide bonds. The van der Waals surface area contributed by atoms with Crippen molar-refractivity contribution in [2.75, 3.05) is 6.54 Å². The molecule has 1 aliphatic heterocycles. The molecule has 0 saturated heterocycles. The number of benzene rings is 3. The fourth-order valence-electron chi connectivity index (χ4n) is 5.02. The maximum Gasteiger partial charge on any atom is 0.261 e. The van der Waals surface area contributed by atoms with Gasteiger partial charge in [0.05, 0.1) is 6.04 Å². The fourth-order valence-corrected chi connectivity index (χ4v) is 5.02. The van der Waals surface area contributed by atoms with E-state index < -0.39 is 6.10 Å². The highest BCUT2D eigenvalue weighted by molar-refractivity contribution is 5.81. The van der Waals surface area contributed by atoms with Crippen LogP contribution in [0.2, 0.25) is 0 Å². The summed E-state index contributed by atoms with van der Waals surface area (Å²) in [5.74, 6) is 0.620. The van der Waals surface area contributed by atoms with Crippen molar-refractivity contribution in [1.82, 2.24) is 15.2 Å². The predicted octanol–water partition coefficient (Wildman–Crippen LogP) is 5.70. The van der Waals surface area contributed by atoms with Crippen LogP contribution in [0.1, 0.15) is 47.2 Å². The summed E-state index contributed by atoms with van der Waals surface area (Å²) < 4.78 is 6.27. The Morgan fingerprint density at radius 1 is 0.973 bits per heavy atom. The maximum absolute atomic E-state index is 12.9. The first-order valence-electron chi connectivity index (χ1n) is 13.0. The van der Waals surface area contributed by atoms with Crippen LogP contribution in [-0.2, 0) is 24.3 Å². The van der Waals surface area contributed by atoms with Gasteiger partial charge in [0.25, 0.3) is 5.91 Å². The van der Waals surface area contributed by atoms with Gasteiger partial charge in [-0.1, -0.05) is 73.7 Å². The lowest BCUT2D eigenvalue weighted by molar-refractivity contribution is -0.128. The number of nitrogens with one attached hydrogen (secondary N) is 1. The van der Waals surface area contributed by atoms with Gasteiger partial charge in [-0.2, -0.15) is 0 Å². The standard InChI is InChI=1S/C32H33N3O2/c1-2-30(32(36)34-22-24-15-18-33-19-16-24)37-28-14-13-26-17-20-35(23-25-9-5-3-6-10-25)31(29(26)21-28)27-11-7-4-8-12-27/h3-16,18-19,21,30-31H,2,17,20,22-23H2,1H3,(H,34,36)/t30-,31+/m1/s1. The quantitative estimate of drug-likeness (QED) is 0.326. The van der Waals surface area contributed by atoms with Crippen LogP contribution in [0.4, 0.5) is 0 Å². The number of hydrogen-bond donors (Lipinski definition) is 1. The molecule has 0 unspecified atom stereocenters. The summed E-state index contributed by atoms with van der Waals surface area (Å²) in [5, 5.41) is 3.00. The Hall–Kier alpha value is -3.96. The molecule has 3 aromatic carbocycles. The highest BCUT2D eigenvalue weighted by Gasteiger charge is 2.29. The number of carbonyl (C=O) groups is 1. The van der Waals surface area contributed by atoms with E-state index >= 15 is 0 Å². The second kappa shape index (κ2) is 11.8. The van der Waals surface area contributed by atoms with E-state index in [9.17, 15) is 4.79 Å². The van der Waals surface area contributed by atoms with Gasteiger partial charge in [0, 0.05) is 32.0 Å². The number of pyridine rings is 1. The van der Waals surface area contributed by atoms with E-state index in [0.717, 1.165) is 30.8 Å². The lowest BCUT2D eigenvalue weighted by Crippen LogP contribution is -2.38. The number of carbonyl (C=O) groups excluding carboxylic acids is 1. The Morgan fingerprint density at radius 3 is 2.43 bits per heavy atom. The molecule has 2 atom stereocenters. The Kier molecular flexibility index (Phi) is 7.92. The SMILES string of the molecule is CC[C@@H](Oc1ccc2c(c1)[C@H](c1ccccc1)N(Cc1ccccc1)CC2)C(=O)NCc1ccncc1. The van der Waals surface area contributed by atoms with Gasteiger partial charge in [0.1, 0.15) is 5.75 Å². The zero-order valence-electron chi connectivity index (χ0n) is 21.2. The molecule has 188 valence electrons. The second-order valence-corrected chi connectivity index (χ2v) is 9.47. The van der Waals surface area contributed by atoms with E-state index in [1.54, 1.807) is 12.4 Å². The van der Waals surface area contributed by atoms with Gasteiger partial charge in [-0.15, -0.1) is 0 Å². The van der Waals surface area contributed by atoms with Crippen LogP contribution in [-0.4, -0.2) is 28.4 Å². The minimum Gasteiger partial charge on any atom is -0.481 e. The van der Waals surface area contributed by atoms with Crippen LogP contribution >= 0.6 is 0 Å². The largest absolute Gasteiger partial charge is 0.481 e. The molecule has 0 saturated carbocycles. The molecule has 4 aromatic rings. The number of amides is 1. The zero-order chi connectivity index (χ0) is 25.5. The van der Waals surface area contributed by atoms with Crippen molar-refractivity contribution in [3.63, 3.8) is 0 Å². The number of aromatic nitrogens is 1. The van der Waals surface area contributed by atoms with Crippen LogP contribution in [0.3, 0.4) is 0 Å². The lowest BCUT2D eigenvalue weighted by atomic mass is 9.87. The second-order valence-electron chi connectivity index (χ2n) is 9.47. The summed E-state index contributed by atoms with van der Waals surface area (Å²) in [4.78, 5) is 19.5. The Balaban J connectivity index is 1.38. The van der Waals surface area contributed by atoms with Crippen molar-refractivity contribution in [2.24, 2.45) is 0 Å². The molecular formula is C32H33N3O2. The van der Waals surface area contributed by atoms with Crippen molar-refractivity contribution in [2.45, 2.75) is 45.0 Å². The average molecular weight is 492 g/mol. The highest BCUT2D eigenvalue weighted by Crippen LogP contribution is 2.38. The molecule has 0 aliphatic carbocycles. The Labute approximate surface area is 219 Å². The molecule has 0 spiro atoms. The first-order valence-corrected chi connectivity index (χ1v) is 13.0. The molecule has 5 nitrogen and oxygen atoms in total. The summed E-state index contributed by atoms with van der Waals surface area (Å²) in [6.45, 7) is 4.29. The van der Waals surface area contributed by atoms with Gasteiger partial charge in [-0.05, 0) is 64.9 Å². The van der Waals surface area contributed by atoms with Gasteiger partial charge in [0.2, 0.25) is 0 Å². The fraction of sp³-hybridized carbons (Fsp3) is 0.250. The minimum atomic E-state index is -0.556. The number of rotatable bonds is 9. The summed E-state index contributed by atoms with van der Waals surface area (Å²) in [5.41, 5.74) is 6.16. The molecule has 1 aromatic heterocycles. The normalized spacial score (nSPS) is 16.0. The van der Waals surface area contributed by atoms with Crippen molar-refractivity contribution >= 4 is 5.91 Å². The van der Waals surface area contributed by atoms with Crippen LogP contribution in [0.25, 0.3) is 0 Å². The van der Waals surface area contributed by atoms with Crippen LogP contribution < -0.4 is 10.1 Å². The van der Waals surface area contributed by atoms with E-state index in [1.807, 2.05) is 25.1 Å². The number of nitrogens with zero attached hydrogens (tertiary/aromatic N) is 2. The predicted molar refractivity (Wildman–Crippen MR) is 146 cm³/mol. The van der Waals surface area contributed by atoms with Crippen LogP contribution in [0.5, 0.6) is 5.75 Å². The van der Waals surface area contributed by atoms with Crippen LogP contribution in [0.15, 0.2) is 103 Å². The Bertz CT molecular complexity index is 1300. The third-order valence-electron chi connectivity index (χ3n) is 6.95. The highest BCUT2D eigenvalue weighted by atomic mass is 16.5. The van der Waals surface area contributed by atoms with Crippen molar-refractivity contribution in [3.8, 4) is 5.75 Å². The van der Waals surface area contributed by atoms with Crippen molar-refractivity contribution in [3.05, 3.63) is 131 Å². The summed E-state index contributed by atoms with van der Waals surface area (Å²) in [6.07, 6.45) is 4.47. The van der Waals surface area contributed by atoms with E-state index in [0.29, 0.717) is 13.0 Å². The monoisotopic (exact) mass is 491 g/mol. The third kappa shape index (κ3) is 6.07. The molecule has 1 N–H and O–H groups in total. The average Bonchev–Trinajstić information content (AvgIpc) is 2.96. The topological polar surface area (TPSA) is 54.5 Å². The summed E-state index contributed by atoms with van der Waals surface area (Å²) in [6, 6.07) is 31.5. The van der Waals surface area contributed by atoms with Gasteiger partial charge in [0.15, 0.2) is 6.10 Å². The van der Waals surface area contributed by atoms with Gasteiger partial charge < -0.3 is 10.1 Å². The third-order valence-corrected chi connectivity index (χ3v) is 6.95. The number of hydrogen-bond acceptors (Lipinski definition) is 4. The lowest BCUT2D eigenvalue weighted by Gasteiger charge is -2.38. The number of fused-ring (bicyclic) bond motifs is 1. The first-order chi connectivity index (χ1) is 18.2. The molecule has 0 bridgehead atoms. The summed E-state index contributed by atoms with van der Waals surface area (Å²) in [7, 11) is 0. The van der Waals surface area contributed by atoms with E-state index in [1.165, 1.54) is 22.3 Å². The van der Waals surface area contributed by atoms with Gasteiger partial charge in [-0.3, -0.25) is 14.7 Å². The smallest absolute Gasteiger partial charge is 0.261 e. The van der Waals surface area contributed by atoms with Gasteiger partial charge in [-0.25, -0.2) is 0 Å². The molecule has 5 rings (SSSR count). The first kappa shape index (κ1) is 24.7.